The number of aryl methyl sites for hydroxylation is 2. The zero-order valence-electron chi connectivity index (χ0n) is 16.0. The van der Waals surface area contributed by atoms with Gasteiger partial charge < -0.3 is 5.32 Å². The van der Waals surface area contributed by atoms with Gasteiger partial charge >= 0.3 is 0 Å². The standard InChI is InChI=1S/C21H18N6S2/c1-13-14(2)29-21-18(13)20(25-19(26-21)16-4-3-9-28-16)24-11-15-5-6-17(23-10-15)27-8-7-22-12-27/h3-10,12H,11H2,1-2H3,(H,24,25,26). The van der Waals surface area contributed by atoms with Crippen molar-refractivity contribution in [1.29, 1.82) is 0 Å². The third-order valence-electron chi connectivity index (χ3n) is 4.81. The van der Waals surface area contributed by atoms with E-state index in [2.05, 4.69) is 46.6 Å². The first kappa shape index (κ1) is 18.0. The zero-order valence-corrected chi connectivity index (χ0v) is 17.6. The first-order valence-corrected chi connectivity index (χ1v) is 10.9. The Bertz CT molecular complexity index is 1260. The van der Waals surface area contributed by atoms with Gasteiger partial charge in [-0.25, -0.2) is 19.9 Å². The number of rotatable bonds is 5. The lowest BCUT2D eigenvalue weighted by Gasteiger charge is -2.10. The minimum atomic E-state index is 0.640. The van der Waals surface area contributed by atoms with E-state index in [4.69, 9.17) is 9.97 Å². The lowest BCUT2D eigenvalue weighted by atomic mass is 10.2. The molecule has 0 fully saturated rings. The molecule has 8 heteroatoms. The monoisotopic (exact) mass is 418 g/mol. The SMILES string of the molecule is Cc1sc2nc(-c3cccs3)nc(NCc3ccc(-n4ccnc4)nc3)c2c1C. The molecule has 5 aromatic rings. The summed E-state index contributed by atoms with van der Waals surface area (Å²) in [5.74, 6) is 2.49. The van der Waals surface area contributed by atoms with Gasteiger partial charge in [0.15, 0.2) is 5.82 Å². The van der Waals surface area contributed by atoms with Crippen molar-refractivity contribution in [3.05, 3.63) is 70.6 Å². The molecule has 0 atom stereocenters. The summed E-state index contributed by atoms with van der Waals surface area (Å²) in [6, 6.07) is 8.14. The number of hydrogen-bond donors (Lipinski definition) is 1. The van der Waals surface area contributed by atoms with Crippen LogP contribution in [0.2, 0.25) is 0 Å². The summed E-state index contributed by atoms with van der Waals surface area (Å²) < 4.78 is 1.88. The Labute approximate surface area is 176 Å². The van der Waals surface area contributed by atoms with Crippen molar-refractivity contribution in [2.45, 2.75) is 20.4 Å². The van der Waals surface area contributed by atoms with E-state index in [0.29, 0.717) is 6.54 Å². The Morgan fingerprint density at radius 1 is 1.14 bits per heavy atom. The van der Waals surface area contributed by atoms with Crippen LogP contribution < -0.4 is 5.32 Å². The maximum atomic E-state index is 4.85. The fraction of sp³-hybridized carbons (Fsp3) is 0.143. The molecule has 0 saturated heterocycles. The fourth-order valence-corrected chi connectivity index (χ4v) is 4.83. The predicted octanol–water partition coefficient (Wildman–Crippen LogP) is 5.23. The lowest BCUT2D eigenvalue weighted by Crippen LogP contribution is -2.05. The molecule has 0 radical (unpaired) electrons. The van der Waals surface area contributed by atoms with Crippen molar-refractivity contribution in [2.75, 3.05) is 5.32 Å². The van der Waals surface area contributed by atoms with Gasteiger partial charge in [0.05, 0.1) is 10.3 Å². The number of hydrogen-bond acceptors (Lipinski definition) is 7. The van der Waals surface area contributed by atoms with Crippen LogP contribution >= 0.6 is 22.7 Å². The third kappa shape index (κ3) is 3.41. The molecule has 0 amide bonds. The molecule has 0 aliphatic heterocycles. The molecule has 0 saturated carbocycles. The summed E-state index contributed by atoms with van der Waals surface area (Å²) in [7, 11) is 0. The van der Waals surface area contributed by atoms with E-state index in [1.165, 1.54) is 10.4 Å². The summed E-state index contributed by atoms with van der Waals surface area (Å²) >= 11 is 3.37. The number of nitrogens with one attached hydrogen (secondary N) is 1. The van der Waals surface area contributed by atoms with Gasteiger partial charge in [0.25, 0.3) is 0 Å². The molecule has 5 aromatic heterocycles. The van der Waals surface area contributed by atoms with Crippen LogP contribution in [0.3, 0.4) is 0 Å². The number of nitrogens with zero attached hydrogens (tertiary/aromatic N) is 5. The molecule has 0 bridgehead atoms. The minimum absolute atomic E-state index is 0.640. The highest BCUT2D eigenvalue weighted by Crippen LogP contribution is 2.35. The van der Waals surface area contributed by atoms with E-state index in [1.807, 2.05) is 29.1 Å². The van der Waals surface area contributed by atoms with Gasteiger partial charge in [-0.2, -0.15) is 0 Å². The van der Waals surface area contributed by atoms with Crippen LogP contribution in [0.1, 0.15) is 16.0 Å². The predicted molar refractivity (Wildman–Crippen MR) is 119 cm³/mol. The fourth-order valence-electron chi connectivity index (χ4n) is 3.15. The molecule has 0 aliphatic rings. The summed E-state index contributed by atoms with van der Waals surface area (Å²) in [5.41, 5.74) is 2.32. The number of pyridine rings is 1. The Balaban J connectivity index is 1.46. The Hall–Kier alpha value is -3.10. The van der Waals surface area contributed by atoms with Crippen LogP contribution in [-0.2, 0) is 6.54 Å². The maximum absolute atomic E-state index is 4.85. The molecule has 1 N–H and O–H groups in total. The van der Waals surface area contributed by atoms with Crippen molar-refractivity contribution in [2.24, 2.45) is 0 Å². The molecule has 0 aromatic carbocycles. The van der Waals surface area contributed by atoms with Gasteiger partial charge in [0, 0.05) is 30.0 Å². The van der Waals surface area contributed by atoms with E-state index in [-0.39, 0.29) is 0 Å². The van der Waals surface area contributed by atoms with E-state index in [0.717, 1.165) is 38.1 Å². The van der Waals surface area contributed by atoms with Crippen molar-refractivity contribution in [3.8, 4) is 16.5 Å². The van der Waals surface area contributed by atoms with Crippen molar-refractivity contribution in [3.63, 3.8) is 0 Å². The van der Waals surface area contributed by atoms with Crippen molar-refractivity contribution in [1.82, 2.24) is 24.5 Å². The van der Waals surface area contributed by atoms with E-state index >= 15 is 0 Å². The second-order valence-corrected chi connectivity index (χ2v) is 8.84. The van der Waals surface area contributed by atoms with Gasteiger partial charge in [-0.15, -0.1) is 22.7 Å². The van der Waals surface area contributed by atoms with E-state index in [9.17, 15) is 0 Å². The van der Waals surface area contributed by atoms with Gasteiger partial charge in [-0.3, -0.25) is 4.57 Å². The number of aromatic nitrogens is 5. The summed E-state index contributed by atoms with van der Waals surface area (Å²) in [5, 5.41) is 6.67. The number of anilines is 1. The molecule has 0 spiro atoms. The molecular weight excluding hydrogens is 400 g/mol. The van der Waals surface area contributed by atoms with Gasteiger partial charge in [-0.05, 0) is 42.5 Å². The van der Waals surface area contributed by atoms with Gasteiger partial charge in [0.1, 0.15) is 22.8 Å². The van der Waals surface area contributed by atoms with Crippen LogP contribution in [0.25, 0.3) is 26.7 Å². The minimum Gasteiger partial charge on any atom is -0.365 e. The van der Waals surface area contributed by atoms with Gasteiger partial charge in [0.2, 0.25) is 0 Å². The highest BCUT2D eigenvalue weighted by molar-refractivity contribution is 7.19. The van der Waals surface area contributed by atoms with Crippen molar-refractivity contribution >= 4 is 38.7 Å². The van der Waals surface area contributed by atoms with Gasteiger partial charge in [-0.1, -0.05) is 12.1 Å². The smallest absolute Gasteiger partial charge is 0.173 e. The molecule has 6 nitrogen and oxygen atoms in total. The van der Waals surface area contributed by atoms with E-state index < -0.39 is 0 Å². The third-order valence-corrected chi connectivity index (χ3v) is 6.78. The summed E-state index contributed by atoms with van der Waals surface area (Å²) in [6.45, 7) is 4.91. The largest absolute Gasteiger partial charge is 0.365 e. The highest BCUT2D eigenvalue weighted by atomic mass is 32.1. The average Bonchev–Trinajstić information content (AvgIpc) is 3.49. The second-order valence-electron chi connectivity index (χ2n) is 6.68. The quantitative estimate of drug-likeness (QED) is 0.423. The lowest BCUT2D eigenvalue weighted by molar-refractivity contribution is 0.977. The summed E-state index contributed by atoms with van der Waals surface area (Å²) in [6.07, 6.45) is 7.25. The maximum Gasteiger partial charge on any atom is 0.173 e. The zero-order chi connectivity index (χ0) is 19.8. The number of imidazole rings is 1. The molecule has 0 unspecified atom stereocenters. The Morgan fingerprint density at radius 3 is 2.79 bits per heavy atom. The van der Waals surface area contributed by atoms with Crippen LogP contribution in [0.15, 0.2) is 54.6 Å². The van der Waals surface area contributed by atoms with Crippen LogP contribution in [0.4, 0.5) is 5.82 Å². The molecule has 0 aliphatic carbocycles. The van der Waals surface area contributed by atoms with E-state index in [1.54, 1.807) is 35.2 Å². The van der Waals surface area contributed by atoms with Crippen LogP contribution in [0.5, 0.6) is 0 Å². The highest BCUT2D eigenvalue weighted by Gasteiger charge is 2.16. The first-order chi connectivity index (χ1) is 14.2. The molecular formula is C21H18N6S2. The molecule has 144 valence electrons. The normalized spacial score (nSPS) is 11.2. The number of fused-ring (bicyclic) bond motifs is 1. The molecule has 5 rings (SSSR count). The first-order valence-electron chi connectivity index (χ1n) is 9.18. The van der Waals surface area contributed by atoms with Crippen LogP contribution in [0, 0.1) is 13.8 Å². The second kappa shape index (κ2) is 7.38. The summed E-state index contributed by atoms with van der Waals surface area (Å²) in [4.78, 5) is 21.6. The van der Waals surface area contributed by atoms with Crippen molar-refractivity contribution < 1.29 is 0 Å². The Kier molecular flexibility index (Phi) is 4.57. The average molecular weight is 419 g/mol. The molecule has 29 heavy (non-hydrogen) atoms. The van der Waals surface area contributed by atoms with Crippen LogP contribution in [-0.4, -0.2) is 24.5 Å². The number of thiophene rings is 2. The Morgan fingerprint density at radius 2 is 2.07 bits per heavy atom. The topological polar surface area (TPSA) is 68.5 Å². The molecule has 5 heterocycles.